The van der Waals surface area contributed by atoms with E-state index in [0.717, 1.165) is 11.1 Å². The molecule has 0 spiro atoms. The fourth-order valence-corrected chi connectivity index (χ4v) is 3.08. The van der Waals surface area contributed by atoms with Gasteiger partial charge in [0.2, 0.25) is 5.71 Å². The predicted octanol–water partition coefficient (Wildman–Crippen LogP) is 2.92. The van der Waals surface area contributed by atoms with Crippen molar-refractivity contribution in [2.45, 2.75) is 18.7 Å². The number of nitrogens with one attached hydrogen (secondary N) is 2. The third-order valence-corrected chi connectivity index (χ3v) is 4.69. The first-order valence-electron chi connectivity index (χ1n) is 7.20. The Labute approximate surface area is 146 Å². The lowest BCUT2D eigenvalue weighted by Gasteiger charge is -2.11. The van der Waals surface area contributed by atoms with E-state index in [1.165, 1.54) is 24.3 Å². The van der Waals surface area contributed by atoms with Gasteiger partial charge in [0, 0.05) is 0 Å². The summed E-state index contributed by atoms with van der Waals surface area (Å²) in [5, 5.41) is 20.8. The second-order valence-corrected chi connectivity index (χ2v) is 6.93. The van der Waals surface area contributed by atoms with Crippen LogP contribution in [-0.4, -0.2) is 14.1 Å². The Kier molecular flexibility index (Phi) is 5.38. The number of hydrogen-bond donors (Lipinski definition) is 2. The smallest absolute Gasteiger partial charge is 0.261 e. The van der Waals surface area contributed by atoms with Crippen LogP contribution in [0.25, 0.3) is 0 Å². The van der Waals surface area contributed by atoms with E-state index in [2.05, 4.69) is 15.2 Å². The molecule has 0 bridgehead atoms. The van der Waals surface area contributed by atoms with E-state index >= 15 is 0 Å². The number of nitrogens with zero attached hydrogens (tertiary/aromatic N) is 3. The molecule has 0 aromatic heterocycles. The molecule has 2 rings (SSSR count). The molecule has 25 heavy (non-hydrogen) atoms. The topological polar surface area (TPSA) is 118 Å². The zero-order chi connectivity index (χ0) is 18.4. The van der Waals surface area contributed by atoms with Crippen LogP contribution in [0.1, 0.15) is 11.1 Å². The van der Waals surface area contributed by atoms with Crippen LogP contribution in [0.15, 0.2) is 52.5 Å². The van der Waals surface area contributed by atoms with Crippen molar-refractivity contribution in [2.24, 2.45) is 5.10 Å². The molecule has 7 nitrogen and oxygen atoms in total. The van der Waals surface area contributed by atoms with Crippen LogP contribution < -0.4 is 10.1 Å². The minimum absolute atomic E-state index is 0.0868. The highest BCUT2D eigenvalue weighted by molar-refractivity contribution is 7.92. The van der Waals surface area contributed by atoms with Gasteiger partial charge < -0.3 is 0 Å². The summed E-state index contributed by atoms with van der Waals surface area (Å²) in [4.78, 5) is 0.0868. The first-order chi connectivity index (χ1) is 11.9. The van der Waals surface area contributed by atoms with E-state index < -0.39 is 10.0 Å². The van der Waals surface area contributed by atoms with Gasteiger partial charge in [-0.2, -0.15) is 15.6 Å². The van der Waals surface area contributed by atoms with Crippen LogP contribution in [0.5, 0.6) is 0 Å². The van der Waals surface area contributed by atoms with Gasteiger partial charge in [-0.25, -0.2) is 8.42 Å². The van der Waals surface area contributed by atoms with E-state index in [4.69, 9.17) is 10.5 Å². The SMILES string of the molecule is Cc1ccc(C)c(NS(=O)(=O)c2ccc(NN=C(C#N)C#N)cc2)c1. The quantitative estimate of drug-likeness (QED) is 0.633. The zero-order valence-corrected chi connectivity index (χ0v) is 14.4. The van der Waals surface area contributed by atoms with E-state index in [1.54, 1.807) is 18.2 Å². The number of hydrogen-bond acceptors (Lipinski definition) is 6. The summed E-state index contributed by atoms with van der Waals surface area (Å²) in [7, 11) is -3.73. The van der Waals surface area contributed by atoms with Crippen molar-refractivity contribution in [1.29, 1.82) is 10.5 Å². The number of hydrazone groups is 1. The predicted molar refractivity (Wildman–Crippen MR) is 95.5 cm³/mol. The highest BCUT2D eigenvalue weighted by Gasteiger charge is 2.15. The maximum atomic E-state index is 12.5. The maximum absolute atomic E-state index is 12.5. The van der Waals surface area contributed by atoms with Gasteiger partial charge in [-0.15, -0.1) is 0 Å². The van der Waals surface area contributed by atoms with E-state index in [9.17, 15) is 8.42 Å². The summed E-state index contributed by atoms with van der Waals surface area (Å²) in [6.07, 6.45) is 0. The summed E-state index contributed by atoms with van der Waals surface area (Å²) in [5.41, 5.74) is 4.95. The number of benzene rings is 2. The van der Waals surface area contributed by atoms with Crippen LogP contribution in [0.4, 0.5) is 11.4 Å². The molecule has 0 aliphatic rings. The molecule has 0 saturated heterocycles. The lowest BCUT2D eigenvalue weighted by Crippen LogP contribution is -2.13. The van der Waals surface area contributed by atoms with E-state index in [-0.39, 0.29) is 10.6 Å². The molecular formula is C17H15N5O2S. The lowest BCUT2D eigenvalue weighted by molar-refractivity contribution is 0.601. The van der Waals surface area contributed by atoms with Gasteiger partial charge in [-0.05, 0) is 55.3 Å². The van der Waals surface area contributed by atoms with Crippen molar-refractivity contribution >= 4 is 27.1 Å². The van der Waals surface area contributed by atoms with Gasteiger partial charge >= 0.3 is 0 Å². The molecule has 2 N–H and O–H groups in total. The molecule has 0 amide bonds. The summed E-state index contributed by atoms with van der Waals surface area (Å²) in [6, 6.07) is 14.6. The maximum Gasteiger partial charge on any atom is 0.261 e. The number of anilines is 2. The minimum atomic E-state index is -3.73. The molecule has 0 heterocycles. The van der Waals surface area contributed by atoms with Crippen LogP contribution >= 0.6 is 0 Å². The molecule has 126 valence electrons. The number of nitriles is 2. The van der Waals surface area contributed by atoms with Gasteiger partial charge in [-0.3, -0.25) is 10.1 Å². The highest BCUT2D eigenvalue weighted by atomic mass is 32.2. The van der Waals surface area contributed by atoms with E-state index in [1.807, 2.05) is 26.0 Å². The molecule has 0 aliphatic carbocycles. The Morgan fingerprint density at radius 3 is 2.28 bits per heavy atom. The third kappa shape index (κ3) is 4.56. The van der Waals surface area contributed by atoms with Crippen LogP contribution in [0.3, 0.4) is 0 Å². The van der Waals surface area contributed by atoms with Crippen molar-refractivity contribution in [3.05, 3.63) is 53.6 Å². The molecule has 0 fully saturated rings. The van der Waals surface area contributed by atoms with Crippen molar-refractivity contribution in [2.75, 3.05) is 10.1 Å². The third-order valence-electron chi connectivity index (χ3n) is 3.31. The van der Waals surface area contributed by atoms with Crippen molar-refractivity contribution in [3.63, 3.8) is 0 Å². The van der Waals surface area contributed by atoms with Crippen LogP contribution in [0, 0.1) is 36.5 Å². The lowest BCUT2D eigenvalue weighted by atomic mass is 10.1. The van der Waals surface area contributed by atoms with Gasteiger partial charge in [-0.1, -0.05) is 12.1 Å². The first kappa shape index (κ1) is 18.0. The Morgan fingerprint density at radius 1 is 1.04 bits per heavy atom. The summed E-state index contributed by atoms with van der Waals surface area (Å²) >= 11 is 0. The molecule has 0 atom stereocenters. The standard InChI is InChI=1S/C17H15N5O2S/c1-12-3-4-13(2)17(9-12)22-25(23,24)16-7-5-14(6-8-16)20-21-15(10-18)11-19/h3-9,20,22H,1-2H3. The minimum Gasteiger partial charge on any atom is -0.279 e. The van der Waals surface area contributed by atoms with Gasteiger partial charge in [0.05, 0.1) is 16.3 Å². The highest BCUT2D eigenvalue weighted by Crippen LogP contribution is 2.22. The second-order valence-electron chi connectivity index (χ2n) is 5.24. The molecule has 0 saturated carbocycles. The fraction of sp³-hybridized carbons (Fsp3) is 0.118. The monoisotopic (exact) mass is 353 g/mol. The molecular weight excluding hydrogens is 338 g/mol. The molecule has 8 heteroatoms. The van der Waals surface area contributed by atoms with Crippen LogP contribution in [0.2, 0.25) is 0 Å². The van der Waals surface area contributed by atoms with Gasteiger partial charge in [0.1, 0.15) is 12.1 Å². The molecule has 0 aliphatic heterocycles. The Hall–Kier alpha value is -3.36. The Morgan fingerprint density at radius 2 is 1.68 bits per heavy atom. The normalized spacial score (nSPS) is 10.2. The molecule has 2 aromatic rings. The average molecular weight is 353 g/mol. The summed E-state index contributed by atoms with van der Waals surface area (Å²) < 4.78 is 27.5. The van der Waals surface area contributed by atoms with Crippen LogP contribution in [-0.2, 0) is 10.0 Å². The molecule has 2 aromatic carbocycles. The zero-order valence-electron chi connectivity index (χ0n) is 13.6. The van der Waals surface area contributed by atoms with Crippen molar-refractivity contribution in [3.8, 4) is 12.1 Å². The molecule has 0 unspecified atom stereocenters. The van der Waals surface area contributed by atoms with Gasteiger partial charge in [0.25, 0.3) is 10.0 Å². The molecule has 0 radical (unpaired) electrons. The number of aryl methyl sites for hydroxylation is 2. The summed E-state index contributed by atoms with van der Waals surface area (Å²) in [6.45, 7) is 3.71. The Bertz CT molecular complexity index is 981. The second kappa shape index (κ2) is 7.47. The fourth-order valence-electron chi connectivity index (χ4n) is 1.95. The summed E-state index contributed by atoms with van der Waals surface area (Å²) in [5.74, 6) is 0. The Balaban J connectivity index is 2.21. The average Bonchev–Trinajstić information content (AvgIpc) is 2.59. The van der Waals surface area contributed by atoms with Gasteiger partial charge in [0.15, 0.2) is 0 Å². The first-order valence-corrected chi connectivity index (χ1v) is 8.68. The number of rotatable bonds is 5. The largest absolute Gasteiger partial charge is 0.279 e. The van der Waals surface area contributed by atoms with Crippen molar-refractivity contribution in [1.82, 2.24) is 0 Å². The van der Waals surface area contributed by atoms with E-state index in [0.29, 0.717) is 11.4 Å². The van der Waals surface area contributed by atoms with Crippen molar-refractivity contribution < 1.29 is 8.42 Å². The number of sulfonamides is 1.